The molecule has 0 aromatic heterocycles. The Morgan fingerprint density at radius 3 is 2.42 bits per heavy atom. The molecule has 0 radical (unpaired) electrons. The van der Waals surface area contributed by atoms with E-state index >= 15 is 0 Å². The predicted octanol–water partition coefficient (Wildman–Crippen LogP) is 3.29. The molecule has 0 aliphatic carbocycles. The van der Waals surface area contributed by atoms with Gasteiger partial charge >= 0.3 is 0 Å². The zero-order chi connectivity index (χ0) is 25.9. The molecular weight excluding hydrogens is 482 g/mol. The Morgan fingerprint density at radius 1 is 1.08 bits per heavy atom. The Bertz CT molecular complexity index is 1420. The standard InChI is InChI=1S/C25H25N5O5S/c1-29(2)15-14-26-36(34,35)20-11-8-18(9-12-20)27-24(17-6-4-3-5-7-17)23-21-16-19(30(32)33)10-13-22(21)28-25(23)31/h3-13,16,23,26H,14-15H2,1-2H3,(H,28,31). The monoisotopic (exact) mass is 507 g/mol. The zero-order valence-corrected chi connectivity index (χ0v) is 20.5. The van der Waals surface area contributed by atoms with E-state index in [1.54, 1.807) is 36.4 Å². The van der Waals surface area contributed by atoms with Crippen LogP contribution in [-0.2, 0) is 14.8 Å². The lowest BCUT2D eigenvalue weighted by Gasteiger charge is -2.14. The maximum Gasteiger partial charge on any atom is 0.269 e. The van der Waals surface area contributed by atoms with Gasteiger partial charge in [0.25, 0.3) is 5.69 Å². The van der Waals surface area contributed by atoms with Crippen molar-refractivity contribution in [2.75, 3.05) is 32.5 Å². The van der Waals surface area contributed by atoms with Gasteiger partial charge in [-0.3, -0.25) is 19.9 Å². The fourth-order valence-corrected chi connectivity index (χ4v) is 4.89. The summed E-state index contributed by atoms with van der Waals surface area (Å²) in [6.07, 6.45) is 0. The Labute approximate surface area is 208 Å². The summed E-state index contributed by atoms with van der Waals surface area (Å²) in [4.78, 5) is 30.5. The van der Waals surface area contributed by atoms with E-state index in [0.717, 1.165) is 0 Å². The van der Waals surface area contributed by atoms with Crippen LogP contribution in [0.2, 0.25) is 0 Å². The van der Waals surface area contributed by atoms with E-state index in [9.17, 15) is 23.3 Å². The molecule has 0 spiro atoms. The van der Waals surface area contributed by atoms with Crippen LogP contribution in [0.25, 0.3) is 0 Å². The summed E-state index contributed by atoms with van der Waals surface area (Å²) in [6.45, 7) is 0.834. The number of sulfonamides is 1. The number of nitro groups is 1. The molecule has 10 nitrogen and oxygen atoms in total. The van der Waals surface area contributed by atoms with Gasteiger partial charge in [0.15, 0.2) is 0 Å². The molecule has 1 atom stereocenters. The van der Waals surface area contributed by atoms with E-state index < -0.39 is 20.9 Å². The van der Waals surface area contributed by atoms with Gasteiger partial charge in [0.1, 0.15) is 5.92 Å². The number of benzene rings is 3. The number of nitrogens with one attached hydrogen (secondary N) is 2. The summed E-state index contributed by atoms with van der Waals surface area (Å²) in [6, 6.07) is 19.3. The van der Waals surface area contributed by atoms with Gasteiger partial charge in [0, 0.05) is 36.5 Å². The number of fused-ring (bicyclic) bond motifs is 1. The van der Waals surface area contributed by atoms with Crippen LogP contribution < -0.4 is 10.0 Å². The Kier molecular flexibility index (Phi) is 7.25. The zero-order valence-electron chi connectivity index (χ0n) is 19.7. The van der Waals surface area contributed by atoms with Gasteiger partial charge in [-0.25, -0.2) is 13.1 Å². The molecule has 4 rings (SSSR count). The van der Waals surface area contributed by atoms with Crippen LogP contribution in [0.5, 0.6) is 0 Å². The van der Waals surface area contributed by atoms with Gasteiger partial charge in [0.2, 0.25) is 15.9 Å². The third kappa shape index (κ3) is 5.48. The van der Waals surface area contributed by atoms with Gasteiger partial charge in [-0.2, -0.15) is 0 Å². The number of hydrogen-bond acceptors (Lipinski definition) is 7. The number of carbonyl (C=O) groups is 1. The van der Waals surface area contributed by atoms with E-state index in [2.05, 4.69) is 10.0 Å². The number of nitro benzene ring substituents is 1. The van der Waals surface area contributed by atoms with E-state index in [1.165, 1.54) is 30.3 Å². The maximum atomic E-state index is 13.0. The molecular formula is C25H25N5O5S. The largest absolute Gasteiger partial charge is 0.325 e. The first-order valence-corrected chi connectivity index (χ1v) is 12.6. The molecule has 1 heterocycles. The molecule has 186 valence electrons. The summed E-state index contributed by atoms with van der Waals surface area (Å²) >= 11 is 0. The molecule has 0 saturated carbocycles. The van der Waals surface area contributed by atoms with Gasteiger partial charge in [-0.05, 0) is 50.0 Å². The minimum Gasteiger partial charge on any atom is -0.325 e. The Morgan fingerprint density at radius 2 is 1.78 bits per heavy atom. The van der Waals surface area contributed by atoms with Crippen LogP contribution in [0.1, 0.15) is 17.0 Å². The first-order valence-electron chi connectivity index (χ1n) is 11.1. The van der Waals surface area contributed by atoms with Crippen molar-refractivity contribution in [2.24, 2.45) is 4.99 Å². The number of aliphatic imine (C=N–C) groups is 1. The van der Waals surface area contributed by atoms with Crippen molar-refractivity contribution in [3.8, 4) is 0 Å². The van der Waals surface area contributed by atoms with E-state index in [-0.39, 0.29) is 23.0 Å². The molecule has 0 saturated heterocycles. The van der Waals surface area contributed by atoms with Crippen molar-refractivity contribution in [1.29, 1.82) is 0 Å². The summed E-state index contributed by atoms with van der Waals surface area (Å²) in [7, 11) is 0.0238. The van der Waals surface area contributed by atoms with Crippen molar-refractivity contribution in [1.82, 2.24) is 9.62 Å². The third-order valence-corrected chi connectivity index (χ3v) is 7.14. The summed E-state index contributed by atoms with van der Waals surface area (Å²) in [5, 5.41) is 14.1. The topological polar surface area (TPSA) is 134 Å². The molecule has 0 fully saturated rings. The van der Waals surface area contributed by atoms with Gasteiger partial charge in [-0.15, -0.1) is 0 Å². The fourth-order valence-electron chi connectivity index (χ4n) is 3.86. The van der Waals surface area contributed by atoms with Gasteiger partial charge < -0.3 is 10.2 Å². The van der Waals surface area contributed by atoms with E-state index in [1.807, 2.05) is 25.1 Å². The van der Waals surface area contributed by atoms with Crippen LogP contribution in [-0.4, -0.2) is 57.0 Å². The van der Waals surface area contributed by atoms with Crippen molar-refractivity contribution in [3.05, 3.63) is 94.0 Å². The first kappa shape index (κ1) is 25.2. The number of nitrogens with zero attached hydrogens (tertiary/aromatic N) is 3. The number of hydrogen-bond donors (Lipinski definition) is 2. The summed E-state index contributed by atoms with van der Waals surface area (Å²) in [5.41, 5.74) is 2.32. The molecule has 1 aliphatic rings. The van der Waals surface area contributed by atoms with Crippen LogP contribution in [0.15, 0.2) is 82.7 Å². The number of amides is 1. The van der Waals surface area contributed by atoms with Crippen LogP contribution in [0.4, 0.5) is 17.1 Å². The van der Waals surface area contributed by atoms with Crippen LogP contribution in [0.3, 0.4) is 0 Å². The Balaban J connectivity index is 1.72. The molecule has 36 heavy (non-hydrogen) atoms. The molecule has 1 unspecified atom stereocenters. The first-order chi connectivity index (χ1) is 17.2. The predicted molar refractivity (Wildman–Crippen MR) is 137 cm³/mol. The second-order valence-corrected chi connectivity index (χ2v) is 10.3. The highest BCUT2D eigenvalue weighted by molar-refractivity contribution is 7.89. The quantitative estimate of drug-likeness (QED) is 0.259. The van der Waals surface area contributed by atoms with Gasteiger partial charge in [0.05, 0.1) is 21.2 Å². The number of likely N-dealkylation sites (N-methyl/N-ethyl adjacent to an activating group) is 1. The van der Waals surface area contributed by atoms with Gasteiger partial charge in [-0.1, -0.05) is 30.3 Å². The maximum absolute atomic E-state index is 13.0. The van der Waals surface area contributed by atoms with Crippen molar-refractivity contribution in [2.45, 2.75) is 10.8 Å². The normalized spacial score (nSPS) is 15.6. The smallest absolute Gasteiger partial charge is 0.269 e. The SMILES string of the molecule is CN(C)CCNS(=O)(=O)c1ccc(N=C(c2ccccc2)C2C(=O)Nc3ccc([N+](=O)[O-])cc32)cc1. The van der Waals surface area contributed by atoms with Crippen molar-refractivity contribution < 1.29 is 18.1 Å². The molecule has 0 bridgehead atoms. The van der Waals surface area contributed by atoms with Crippen molar-refractivity contribution >= 4 is 38.7 Å². The van der Waals surface area contributed by atoms with Crippen LogP contribution >= 0.6 is 0 Å². The minimum absolute atomic E-state index is 0.0982. The molecule has 11 heteroatoms. The highest BCUT2D eigenvalue weighted by Gasteiger charge is 2.36. The Hall–Kier alpha value is -3.93. The minimum atomic E-state index is -3.68. The number of anilines is 1. The van der Waals surface area contributed by atoms with Crippen molar-refractivity contribution in [3.63, 3.8) is 0 Å². The third-order valence-electron chi connectivity index (χ3n) is 5.67. The summed E-state index contributed by atoms with van der Waals surface area (Å²) < 4.78 is 27.7. The van der Waals surface area contributed by atoms with Crippen LogP contribution in [0, 0.1) is 10.1 Å². The molecule has 1 amide bonds. The second-order valence-electron chi connectivity index (χ2n) is 8.51. The highest BCUT2D eigenvalue weighted by Crippen LogP contribution is 2.38. The summed E-state index contributed by atoms with van der Waals surface area (Å²) in [5.74, 6) is -1.23. The lowest BCUT2D eigenvalue weighted by Crippen LogP contribution is -2.31. The average Bonchev–Trinajstić information content (AvgIpc) is 3.17. The number of carbonyl (C=O) groups excluding carboxylic acids is 1. The lowest BCUT2D eigenvalue weighted by atomic mass is 9.90. The number of rotatable bonds is 9. The molecule has 3 aromatic rings. The second kappa shape index (κ2) is 10.4. The number of non-ortho nitro benzene ring substituents is 1. The van der Waals surface area contributed by atoms with E-state index in [4.69, 9.17) is 4.99 Å². The molecule has 1 aliphatic heterocycles. The average molecular weight is 508 g/mol. The lowest BCUT2D eigenvalue weighted by molar-refractivity contribution is -0.384. The van der Waals surface area contributed by atoms with E-state index in [0.29, 0.717) is 34.8 Å². The molecule has 3 aromatic carbocycles. The highest BCUT2D eigenvalue weighted by atomic mass is 32.2. The molecule has 2 N–H and O–H groups in total. The fraction of sp³-hybridized carbons (Fsp3) is 0.200.